The van der Waals surface area contributed by atoms with E-state index in [0.29, 0.717) is 11.9 Å². The molecule has 64 valence electrons. The van der Waals surface area contributed by atoms with E-state index in [1.54, 1.807) is 0 Å². The molecule has 0 saturated heterocycles. The van der Waals surface area contributed by atoms with Crippen molar-refractivity contribution in [2.45, 2.75) is 0 Å². The molecule has 0 aromatic rings. The molecule has 0 rings (SSSR count). The van der Waals surface area contributed by atoms with Gasteiger partial charge in [-0.1, -0.05) is 23.5 Å². The molecule has 0 fully saturated rings. The molecule has 0 saturated carbocycles. The lowest BCUT2D eigenvalue weighted by atomic mass is 11.4. The third-order valence-corrected chi connectivity index (χ3v) is 1.79. The first-order valence-corrected chi connectivity index (χ1v) is 4.61. The first kappa shape index (κ1) is 10.6. The van der Waals surface area contributed by atoms with Gasteiger partial charge in [0, 0.05) is 0 Å². The third kappa shape index (κ3) is 9.60. The molecule has 0 amide bonds. The van der Waals surface area contributed by atoms with Crippen LogP contribution in [0.1, 0.15) is 0 Å². The summed E-state index contributed by atoms with van der Waals surface area (Å²) in [7, 11) is 0. The molecule has 0 aliphatic carbocycles. The van der Waals surface area contributed by atoms with Crippen LogP contribution in [0.2, 0.25) is 0 Å². The first-order chi connectivity index (χ1) is 5.13. The largest absolute Gasteiger partial charge is 0.379 e. The molecule has 0 aliphatic rings. The zero-order valence-electron chi connectivity index (χ0n) is 5.79. The number of ether oxygens (including phenoxy) is 1. The molecule has 0 bridgehead atoms. The van der Waals surface area contributed by atoms with E-state index < -0.39 is 0 Å². The Kier molecular flexibility index (Phi) is 6.09. The van der Waals surface area contributed by atoms with Gasteiger partial charge >= 0.3 is 0 Å². The van der Waals surface area contributed by atoms with Crippen LogP contribution in [-0.4, -0.2) is 22.2 Å². The Morgan fingerprint density at radius 3 is 1.73 bits per heavy atom. The van der Waals surface area contributed by atoms with Gasteiger partial charge in [0.15, 0.2) is 10.3 Å². The molecule has 6 N–H and O–H groups in total. The molecular weight excluding hydrogens is 184 g/mol. The summed E-state index contributed by atoms with van der Waals surface area (Å²) < 4.78 is 4.94. The number of thioether (sulfide) groups is 2. The minimum atomic E-state index is 0.0258. The number of nitrogens with two attached hydrogens (primary N) is 2. The van der Waals surface area contributed by atoms with E-state index in [1.807, 2.05) is 0 Å². The fraction of sp³-hybridized carbons (Fsp3) is 0.500. The van der Waals surface area contributed by atoms with Gasteiger partial charge in [-0.15, -0.1) is 0 Å². The maximum atomic E-state index is 6.80. The second kappa shape index (κ2) is 6.32. The van der Waals surface area contributed by atoms with E-state index in [0.717, 1.165) is 23.5 Å². The van der Waals surface area contributed by atoms with Crippen molar-refractivity contribution in [3.05, 3.63) is 0 Å². The van der Waals surface area contributed by atoms with Crippen LogP contribution in [-0.2, 0) is 4.74 Å². The fourth-order valence-corrected chi connectivity index (χ4v) is 0.937. The summed E-state index contributed by atoms with van der Waals surface area (Å²) in [5.74, 6) is 0.658. The maximum absolute atomic E-state index is 6.80. The topological polar surface area (TPSA) is 109 Å². The van der Waals surface area contributed by atoms with Crippen molar-refractivity contribution >= 4 is 33.9 Å². The molecule has 0 radical (unpaired) electrons. The predicted octanol–water partition coefficient (Wildman–Crippen LogP) is 0.171. The van der Waals surface area contributed by atoms with Crippen LogP contribution in [0.4, 0.5) is 0 Å². The Morgan fingerprint density at radius 1 is 1.09 bits per heavy atom. The molecular formula is C4H10N4OS2. The number of nitrogens with one attached hydrogen (secondary N) is 2. The average Bonchev–Trinajstić information content (AvgIpc) is 1.85. The minimum absolute atomic E-state index is 0.0258. The van der Waals surface area contributed by atoms with Crippen molar-refractivity contribution in [2.24, 2.45) is 11.5 Å². The molecule has 7 heteroatoms. The highest BCUT2D eigenvalue weighted by atomic mass is 32.2. The summed E-state index contributed by atoms with van der Waals surface area (Å²) in [6.07, 6.45) is 0. The highest BCUT2D eigenvalue weighted by Crippen LogP contribution is 2.03. The van der Waals surface area contributed by atoms with Gasteiger partial charge in [0.1, 0.15) is 11.9 Å². The lowest BCUT2D eigenvalue weighted by molar-refractivity contribution is 0.242. The smallest absolute Gasteiger partial charge is 0.153 e. The average molecular weight is 194 g/mol. The highest BCUT2D eigenvalue weighted by molar-refractivity contribution is 8.14. The van der Waals surface area contributed by atoms with Gasteiger partial charge < -0.3 is 16.2 Å². The van der Waals surface area contributed by atoms with E-state index in [9.17, 15) is 0 Å². The van der Waals surface area contributed by atoms with E-state index in [1.165, 1.54) is 0 Å². The van der Waals surface area contributed by atoms with Crippen molar-refractivity contribution in [3.8, 4) is 0 Å². The van der Waals surface area contributed by atoms with E-state index in [2.05, 4.69) is 0 Å². The van der Waals surface area contributed by atoms with Crippen molar-refractivity contribution in [1.29, 1.82) is 10.8 Å². The normalized spacial score (nSPS) is 9.45. The van der Waals surface area contributed by atoms with Gasteiger partial charge in [-0.05, 0) is 0 Å². The molecule has 0 aliphatic heterocycles. The van der Waals surface area contributed by atoms with Crippen LogP contribution < -0.4 is 11.5 Å². The van der Waals surface area contributed by atoms with Crippen LogP contribution >= 0.6 is 23.5 Å². The lowest BCUT2D eigenvalue weighted by Crippen LogP contribution is -2.08. The summed E-state index contributed by atoms with van der Waals surface area (Å²) >= 11 is 2.19. The Balaban J connectivity index is 3.03. The molecule has 0 aromatic heterocycles. The SMILES string of the molecule is N=C(N)SCOCSC(=N)N. The molecule has 0 aromatic carbocycles. The van der Waals surface area contributed by atoms with E-state index in [-0.39, 0.29) is 10.3 Å². The first-order valence-electron chi connectivity index (χ1n) is 2.64. The van der Waals surface area contributed by atoms with Crippen LogP contribution in [0.25, 0.3) is 0 Å². The number of hydrogen-bond acceptors (Lipinski definition) is 5. The summed E-state index contributed by atoms with van der Waals surface area (Å²) in [5.41, 5.74) is 10.1. The molecule has 0 heterocycles. The molecule has 11 heavy (non-hydrogen) atoms. The maximum Gasteiger partial charge on any atom is 0.153 e. The molecule has 0 unspecified atom stereocenters. The zero-order chi connectivity index (χ0) is 8.69. The summed E-state index contributed by atoms with van der Waals surface area (Å²) in [5, 5.41) is 13.7. The fourth-order valence-electron chi connectivity index (χ4n) is 0.244. The summed E-state index contributed by atoms with van der Waals surface area (Å²) in [6, 6.07) is 0. The second-order valence-corrected chi connectivity index (χ2v) is 3.39. The summed E-state index contributed by atoms with van der Waals surface area (Å²) in [6.45, 7) is 0. The van der Waals surface area contributed by atoms with Crippen LogP contribution in [0.3, 0.4) is 0 Å². The van der Waals surface area contributed by atoms with Gasteiger partial charge in [0.2, 0.25) is 0 Å². The van der Waals surface area contributed by atoms with Gasteiger partial charge in [-0.3, -0.25) is 10.8 Å². The van der Waals surface area contributed by atoms with Crippen LogP contribution in [0.15, 0.2) is 0 Å². The number of hydrogen-bond donors (Lipinski definition) is 4. The Morgan fingerprint density at radius 2 is 1.45 bits per heavy atom. The third-order valence-electron chi connectivity index (χ3n) is 0.596. The van der Waals surface area contributed by atoms with Gasteiger partial charge in [0.25, 0.3) is 0 Å². The van der Waals surface area contributed by atoms with Gasteiger partial charge in [-0.2, -0.15) is 0 Å². The van der Waals surface area contributed by atoms with Crippen LogP contribution in [0.5, 0.6) is 0 Å². The van der Waals surface area contributed by atoms with E-state index >= 15 is 0 Å². The Hall–Kier alpha value is -0.400. The van der Waals surface area contributed by atoms with Crippen molar-refractivity contribution < 1.29 is 4.74 Å². The van der Waals surface area contributed by atoms with Crippen molar-refractivity contribution in [1.82, 2.24) is 0 Å². The summed E-state index contributed by atoms with van der Waals surface area (Å²) in [4.78, 5) is 0. The van der Waals surface area contributed by atoms with Crippen molar-refractivity contribution in [2.75, 3.05) is 11.9 Å². The minimum Gasteiger partial charge on any atom is -0.379 e. The monoisotopic (exact) mass is 194 g/mol. The number of amidine groups is 2. The molecule has 0 atom stereocenters. The van der Waals surface area contributed by atoms with Crippen LogP contribution in [0, 0.1) is 10.8 Å². The zero-order valence-corrected chi connectivity index (χ0v) is 7.43. The molecule has 5 nitrogen and oxygen atoms in total. The second-order valence-electron chi connectivity index (χ2n) is 1.46. The molecule has 0 spiro atoms. The Labute approximate surface area is 73.2 Å². The standard InChI is InChI=1S/C4H10N4OS2/c5-3(6)10-1-9-2-11-4(7)8/h1-2H2,(H3,5,6)(H3,7,8). The predicted molar refractivity (Wildman–Crippen MR) is 49.8 cm³/mol. The van der Waals surface area contributed by atoms with E-state index in [4.69, 9.17) is 27.0 Å². The van der Waals surface area contributed by atoms with Gasteiger partial charge in [0.05, 0.1) is 0 Å². The van der Waals surface area contributed by atoms with Crippen molar-refractivity contribution in [3.63, 3.8) is 0 Å². The highest BCUT2D eigenvalue weighted by Gasteiger charge is 1.92. The Bertz CT molecular complexity index is 135. The lowest BCUT2D eigenvalue weighted by Gasteiger charge is -2.00. The van der Waals surface area contributed by atoms with Gasteiger partial charge in [-0.25, -0.2) is 0 Å². The quantitative estimate of drug-likeness (QED) is 0.221. The number of rotatable bonds is 4.